The second kappa shape index (κ2) is 7.55. The number of aromatic hydroxyl groups is 1. The third-order valence-electron chi connectivity index (χ3n) is 5.14. The van der Waals surface area contributed by atoms with E-state index in [0.717, 1.165) is 41.6 Å². The van der Waals surface area contributed by atoms with E-state index in [-0.39, 0.29) is 18.5 Å². The molecule has 2 aromatic heterocycles. The zero-order valence-electron chi connectivity index (χ0n) is 15.7. The molecule has 1 aliphatic rings. The number of benzene rings is 1. The molecule has 0 spiro atoms. The Balaban J connectivity index is 1.70. The highest BCUT2D eigenvalue weighted by Crippen LogP contribution is 2.40. The number of rotatable bonds is 5. The van der Waals surface area contributed by atoms with Gasteiger partial charge in [0.1, 0.15) is 5.82 Å². The van der Waals surface area contributed by atoms with Crippen LogP contribution in [0.2, 0.25) is 0 Å². The molecule has 27 heavy (non-hydrogen) atoms. The van der Waals surface area contributed by atoms with Gasteiger partial charge in [-0.3, -0.25) is 9.80 Å². The van der Waals surface area contributed by atoms with Crippen LogP contribution in [0.15, 0.2) is 24.3 Å². The van der Waals surface area contributed by atoms with Crippen LogP contribution >= 0.6 is 11.3 Å². The first-order valence-corrected chi connectivity index (χ1v) is 10.1. The molecule has 1 saturated heterocycles. The van der Waals surface area contributed by atoms with Crippen LogP contribution in [0.5, 0.6) is 5.88 Å². The highest BCUT2D eigenvalue weighted by atomic mass is 32.1. The molecule has 1 aromatic carbocycles. The second-order valence-corrected chi connectivity index (χ2v) is 8.07. The van der Waals surface area contributed by atoms with Crippen LogP contribution in [0.1, 0.15) is 27.9 Å². The normalized spacial score (nSPS) is 17.6. The molecular weight excluding hydrogens is 362 g/mol. The molecule has 0 aliphatic carbocycles. The van der Waals surface area contributed by atoms with Crippen molar-refractivity contribution in [1.29, 1.82) is 0 Å². The lowest BCUT2D eigenvalue weighted by atomic mass is 10.0. The number of aromatic nitrogens is 3. The average Bonchev–Trinajstić information content (AvgIpc) is 3.16. The van der Waals surface area contributed by atoms with Crippen molar-refractivity contribution in [2.24, 2.45) is 0 Å². The average molecular weight is 388 g/mol. The van der Waals surface area contributed by atoms with Crippen molar-refractivity contribution < 1.29 is 10.2 Å². The van der Waals surface area contributed by atoms with Gasteiger partial charge in [0.25, 0.3) is 0 Å². The van der Waals surface area contributed by atoms with E-state index in [4.69, 9.17) is 0 Å². The summed E-state index contributed by atoms with van der Waals surface area (Å²) in [4.78, 5) is 10.7. The van der Waals surface area contributed by atoms with E-state index in [1.807, 2.05) is 6.92 Å². The number of nitrogens with zero attached hydrogens (tertiary/aromatic N) is 5. The Kier molecular flexibility index (Phi) is 5.14. The first-order valence-electron chi connectivity index (χ1n) is 9.25. The van der Waals surface area contributed by atoms with Crippen molar-refractivity contribution in [3.8, 4) is 5.88 Å². The summed E-state index contributed by atoms with van der Waals surface area (Å²) >= 11 is 1.50. The molecule has 1 atom stereocenters. The second-order valence-electron chi connectivity index (χ2n) is 7.06. The quantitative estimate of drug-likeness (QED) is 0.695. The smallest absolute Gasteiger partial charge is 0.230 e. The summed E-state index contributed by atoms with van der Waals surface area (Å²) in [5, 5.41) is 24.4. The van der Waals surface area contributed by atoms with E-state index >= 15 is 0 Å². The van der Waals surface area contributed by atoms with E-state index in [0.29, 0.717) is 12.4 Å². The molecule has 4 rings (SSSR count). The van der Waals surface area contributed by atoms with Crippen molar-refractivity contribution >= 4 is 16.3 Å². The molecule has 1 fully saturated rings. The van der Waals surface area contributed by atoms with Gasteiger partial charge in [0.15, 0.2) is 0 Å². The van der Waals surface area contributed by atoms with Crippen molar-refractivity contribution in [2.45, 2.75) is 19.9 Å². The van der Waals surface area contributed by atoms with E-state index in [1.54, 1.807) is 4.52 Å². The predicted molar refractivity (Wildman–Crippen MR) is 105 cm³/mol. The summed E-state index contributed by atoms with van der Waals surface area (Å²) in [6.45, 7) is 8.38. The number of aliphatic hydroxyl groups excluding tert-OH is 1. The van der Waals surface area contributed by atoms with Gasteiger partial charge in [-0.25, -0.2) is 4.98 Å². The van der Waals surface area contributed by atoms with Gasteiger partial charge in [0, 0.05) is 32.7 Å². The number of piperazine rings is 1. The maximum atomic E-state index is 10.9. The Hall–Kier alpha value is -2.00. The minimum absolute atomic E-state index is 0.0318. The summed E-state index contributed by atoms with van der Waals surface area (Å²) in [5.74, 6) is 0.839. The highest BCUT2D eigenvalue weighted by molar-refractivity contribution is 7.17. The molecule has 3 aromatic rings. The van der Waals surface area contributed by atoms with Gasteiger partial charge < -0.3 is 10.2 Å². The Labute approximate surface area is 162 Å². The van der Waals surface area contributed by atoms with E-state index < -0.39 is 0 Å². The standard InChI is InChI=1S/C19H25N5O2S/c1-13-3-5-15(6-4-13)16(23-9-7-22(8-10-23)11-12-25)17-18(26)24-19(27-17)20-14(2)21-24/h3-6,16,25-26H,7-12H2,1-2H3/t16-/m0/s1. The Morgan fingerprint density at radius 1 is 1.11 bits per heavy atom. The first-order chi connectivity index (χ1) is 13.1. The lowest BCUT2D eigenvalue weighted by Gasteiger charge is -2.39. The third-order valence-corrected chi connectivity index (χ3v) is 6.21. The SMILES string of the molecule is Cc1ccc([C@@H](c2sc3nc(C)nn3c2O)N2CCN(CCO)CC2)cc1. The Morgan fingerprint density at radius 2 is 1.81 bits per heavy atom. The van der Waals surface area contributed by atoms with Crippen molar-refractivity contribution in [3.63, 3.8) is 0 Å². The molecule has 3 heterocycles. The molecule has 0 bridgehead atoms. The molecular formula is C19H25N5O2S. The lowest BCUT2D eigenvalue weighted by Crippen LogP contribution is -2.48. The summed E-state index contributed by atoms with van der Waals surface area (Å²) in [6, 6.07) is 8.47. The van der Waals surface area contributed by atoms with Crippen LogP contribution in [-0.2, 0) is 0 Å². The topological polar surface area (TPSA) is 77.1 Å². The summed E-state index contributed by atoms with van der Waals surface area (Å²) in [6.07, 6.45) is 0. The van der Waals surface area contributed by atoms with Gasteiger partial charge in [-0.05, 0) is 19.4 Å². The van der Waals surface area contributed by atoms with Gasteiger partial charge in [-0.1, -0.05) is 41.2 Å². The summed E-state index contributed by atoms with van der Waals surface area (Å²) < 4.78 is 1.54. The minimum Gasteiger partial charge on any atom is -0.492 e. The van der Waals surface area contributed by atoms with Crippen LogP contribution in [0.25, 0.3) is 4.96 Å². The zero-order chi connectivity index (χ0) is 19.0. The molecule has 1 aliphatic heterocycles. The molecule has 2 N–H and O–H groups in total. The fourth-order valence-corrected chi connectivity index (χ4v) is 4.85. The van der Waals surface area contributed by atoms with Gasteiger partial charge >= 0.3 is 0 Å². The number of hydrogen-bond donors (Lipinski definition) is 2. The molecule has 0 unspecified atom stereocenters. The first kappa shape index (κ1) is 18.4. The Morgan fingerprint density at radius 3 is 2.44 bits per heavy atom. The largest absolute Gasteiger partial charge is 0.492 e. The highest BCUT2D eigenvalue weighted by Gasteiger charge is 2.31. The summed E-state index contributed by atoms with van der Waals surface area (Å²) in [5.41, 5.74) is 2.38. The number of β-amino-alcohol motifs (C(OH)–C–C–N with tert-alkyl or cyclic N) is 1. The maximum Gasteiger partial charge on any atom is 0.230 e. The van der Waals surface area contributed by atoms with Crippen molar-refractivity contribution in [1.82, 2.24) is 24.4 Å². The van der Waals surface area contributed by atoms with Crippen LogP contribution < -0.4 is 0 Å². The molecule has 0 amide bonds. The van der Waals surface area contributed by atoms with Crippen molar-refractivity contribution in [3.05, 3.63) is 46.1 Å². The number of hydrogen-bond acceptors (Lipinski definition) is 7. The number of aliphatic hydroxyl groups is 1. The zero-order valence-corrected chi connectivity index (χ0v) is 16.5. The van der Waals surface area contributed by atoms with E-state index in [2.05, 4.69) is 51.1 Å². The maximum absolute atomic E-state index is 10.9. The van der Waals surface area contributed by atoms with Crippen LogP contribution in [-0.4, -0.2) is 73.9 Å². The molecule has 0 saturated carbocycles. The van der Waals surface area contributed by atoms with E-state index in [9.17, 15) is 10.2 Å². The molecule has 144 valence electrons. The van der Waals surface area contributed by atoms with Crippen molar-refractivity contribution in [2.75, 3.05) is 39.3 Å². The molecule has 8 heteroatoms. The minimum atomic E-state index is -0.0318. The summed E-state index contributed by atoms with van der Waals surface area (Å²) in [7, 11) is 0. The van der Waals surface area contributed by atoms with Gasteiger partial charge in [-0.2, -0.15) is 4.52 Å². The molecule has 7 nitrogen and oxygen atoms in total. The number of thiazole rings is 1. The van der Waals surface area contributed by atoms with Gasteiger partial charge in [0.2, 0.25) is 10.8 Å². The lowest BCUT2D eigenvalue weighted by molar-refractivity contribution is 0.0945. The fraction of sp³-hybridized carbons (Fsp3) is 0.474. The predicted octanol–water partition coefficient (Wildman–Crippen LogP) is 1.81. The van der Waals surface area contributed by atoms with Crippen LogP contribution in [0.3, 0.4) is 0 Å². The number of fused-ring (bicyclic) bond motifs is 1. The monoisotopic (exact) mass is 387 g/mol. The Bertz CT molecular complexity index is 912. The van der Waals surface area contributed by atoms with Crippen LogP contribution in [0, 0.1) is 13.8 Å². The van der Waals surface area contributed by atoms with Crippen LogP contribution in [0.4, 0.5) is 0 Å². The molecule has 0 radical (unpaired) electrons. The van der Waals surface area contributed by atoms with Gasteiger partial charge in [-0.15, -0.1) is 5.10 Å². The van der Waals surface area contributed by atoms with E-state index in [1.165, 1.54) is 16.9 Å². The third kappa shape index (κ3) is 3.58. The van der Waals surface area contributed by atoms with Gasteiger partial charge in [0.05, 0.1) is 17.5 Å². The number of aryl methyl sites for hydroxylation is 2. The fourth-order valence-electron chi connectivity index (χ4n) is 3.69.